The van der Waals surface area contributed by atoms with E-state index < -0.39 is 10.0 Å². The predicted octanol–water partition coefficient (Wildman–Crippen LogP) is 7.01. The lowest BCUT2D eigenvalue weighted by Gasteiger charge is -2.24. The summed E-state index contributed by atoms with van der Waals surface area (Å²) in [6.45, 7) is 4.10. The maximum absolute atomic E-state index is 11.9. The summed E-state index contributed by atoms with van der Waals surface area (Å²) in [5, 5.41) is 13.6. The highest BCUT2D eigenvalue weighted by Gasteiger charge is 2.28. The number of hydrogen-bond acceptors (Lipinski definition) is 13. The number of rotatable bonds is 5. The minimum atomic E-state index is -3.22. The zero-order chi connectivity index (χ0) is 35.6. The molecular formula is C35H30Cl2N10O2S3. The quantitative estimate of drug-likeness (QED) is 0.168. The molecule has 0 atom stereocenters. The van der Waals surface area contributed by atoms with Crippen LogP contribution in [0.3, 0.4) is 0 Å². The Bertz CT molecular complexity index is 2600. The van der Waals surface area contributed by atoms with Crippen molar-refractivity contribution in [2.45, 2.75) is 39.0 Å². The molecule has 10 rings (SSSR count). The predicted molar refractivity (Wildman–Crippen MR) is 211 cm³/mol. The molecule has 52 heavy (non-hydrogen) atoms. The summed E-state index contributed by atoms with van der Waals surface area (Å²) in [5.74, 6) is 1.52. The van der Waals surface area contributed by atoms with Crippen LogP contribution in [0.2, 0.25) is 10.0 Å². The molecule has 0 saturated heterocycles. The summed E-state index contributed by atoms with van der Waals surface area (Å²) in [6, 6.07) is 7.93. The molecule has 0 radical (unpaired) electrons. The molecule has 0 saturated carbocycles. The SMILES string of the molecule is CS(=O)(=O)N1CCc2c(sc3ncnc(Nc4cc5c(cc4Cl)CN=C5)c23)C1.Clc1cc2c(cc1Nc1ncnc3sc4c(c13)CCNC4)C=NC2. The molecule has 0 fully saturated rings. The summed E-state index contributed by atoms with van der Waals surface area (Å²) in [4.78, 5) is 30.6. The van der Waals surface area contributed by atoms with Gasteiger partial charge >= 0.3 is 0 Å². The van der Waals surface area contributed by atoms with E-state index in [-0.39, 0.29) is 0 Å². The van der Waals surface area contributed by atoms with Gasteiger partial charge in [-0.1, -0.05) is 23.2 Å². The molecule has 0 unspecified atom stereocenters. The van der Waals surface area contributed by atoms with Gasteiger partial charge in [-0.25, -0.2) is 28.4 Å². The number of benzene rings is 2. The summed E-state index contributed by atoms with van der Waals surface area (Å²) in [6.07, 6.45) is 9.75. The van der Waals surface area contributed by atoms with Gasteiger partial charge in [0, 0.05) is 41.8 Å². The summed E-state index contributed by atoms with van der Waals surface area (Å²) >= 11 is 16.2. The molecule has 264 valence electrons. The molecule has 0 aliphatic carbocycles. The standard InChI is InChI=1S/C18H16ClN5O2S2.C17H14ClN5S/c1-28(25,26)24-3-2-12-15(8-24)27-18-16(12)17(21-9-22-18)23-14-5-11-7-20-6-10(11)4-13(14)19;18-12-3-9-5-20-6-10(9)4-13(12)23-16-15-11-1-2-19-7-14(11)24-17(15)22-8-21-16/h4-5,7,9H,2-3,6,8H2,1H3,(H,21,22,23);3-4,6,8,19H,1-2,5,7H2,(H,21,22,23). The number of anilines is 4. The minimum Gasteiger partial charge on any atom is -0.338 e. The van der Waals surface area contributed by atoms with Crippen LogP contribution >= 0.6 is 45.9 Å². The minimum absolute atomic E-state index is 0.380. The number of nitrogens with zero attached hydrogens (tertiary/aromatic N) is 7. The lowest BCUT2D eigenvalue weighted by Crippen LogP contribution is -2.34. The molecule has 2 aromatic carbocycles. The normalized spacial score (nSPS) is 16.0. The van der Waals surface area contributed by atoms with Gasteiger partial charge in [0.2, 0.25) is 10.0 Å². The van der Waals surface area contributed by atoms with Crippen molar-refractivity contribution in [2.75, 3.05) is 30.0 Å². The second-order valence-corrected chi connectivity index (χ2v) is 17.8. The first-order valence-corrected chi connectivity index (χ1v) is 20.8. The van der Waals surface area contributed by atoms with Gasteiger partial charge in [-0.3, -0.25) is 9.98 Å². The van der Waals surface area contributed by atoms with Crippen LogP contribution in [0.4, 0.5) is 23.0 Å². The van der Waals surface area contributed by atoms with E-state index in [1.54, 1.807) is 17.7 Å². The Morgan fingerprint density at radius 1 is 0.769 bits per heavy atom. The van der Waals surface area contributed by atoms with Crippen LogP contribution < -0.4 is 16.0 Å². The molecule has 17 heteroatoms. The highest BCUT2D eigenvalue weighted by molar-refractivity contribution is 7.88. The van der Waals surface area contributed by atoms with Gasteiger partial charge in [0.05, 0.1) is 51.5 Å². The van der Waals surface area contributed by atoms with E-state index >= 15 is 0 Å². The Kier molecular flexibility index (Phi) is 8.69. The van der Waals surface area contributed by atoms with E-state index in [1.165, 1.54) is 38.7 Å². The highest BCUT2D eigenvalue weighted by atomic mass is 35.5. The Morgan fingerprint density at radius 2 is 1.33 bits per heavy atom. The third-order valence-corrected chi connectivity index (χ3v) is 13.7. The van der Waals surface area contributed by atoms with Crippen LogP contribution in [0.15, 0.2) is 46.9 Å². The maximum Gasteiger partial charge on any atom is 0.211 e. The Balaban J connectivity index is 0.000000140. The molecule has 12 nitrogen and oxygen atoms in total. The number of aliphatic imine (C=N–C) groups is 2. The molecule has 6 aromatic rings. The molecule has 4 aliphatic rings. The smallest absolute Gasteiger partial charge is 0.211 e. The fourth-order valence-electron chi connectivity index (χ4n) is 6.94. The average Bonchev–Trinajstić information content (AvgIpc) is 3.93. The van der Waals surface area contributed by atoms with E-state index in [0.717, 1.165) is 89.8 Å². The first-order chi connectivity index (χ1) is 25.2. The summed E-state index contributed by atoms with van der Waals surface area (Å²) in [5.41, 5.74) is 8.53. The molecule has 0 bridgehead atoms. The van der Waals surface area contributed by atoms with Crippen molar-refractivity contribution in [3.8, 4) is 0 Å². The van der Waals surface area contributed by atoms with Crippen molar-refractivity contribution in [3.05, 3.63) is 90.1 Å². The van der Waals surface area contributed by atoms with Gasteiger partial charge in [-0.05, 0) is 77.0 Å². The highest BCUT2D eigenvalue weighted by Crippen LogP contribution is 2.41. The Labute approximate surface area is 317 Å². The monoisotopic (exact) mass is 788 g/mol. The Morgan fingerprint density at radius 3 is 1.90 bits per heavy atom. The van der Waals surface area contributed by atoms with Crippen molar-refractivity contribution < 1.29 is 8.42 Å². The van der Waals surface area contributed by atoms with Crippen molar-refractivity contribution in [1.82, 2.24) is 29.6 Å². The first kappa shape index (κ1) is 33.7. The fraction of sp³-hybridized carbons (Fsp3) is 0.257. The lowest BCUT2D eigenvalue weighted by molar-refractivity contribution is 0.400. The lowest BCUT2D eigenvalue weighted by atomic mass is 10.1. The molecule has 3 N–H and O–H groups in total. The van der Waals surface area contributed by atoms with Crippen LogP contribution in [-0.4, -0.2) is 64.4 Å². The number of sulfonamides is 1. The zero-order valence-electron chi connectivity index (χ0n) is 27.7. The fourth-order valence-corrected chi connectivity index (χ4v) is 10.6. The van der Waals surface area contributed by atoms with Crippen molar-refractivity contribution in [1.29, 1.82) is 0 Å². The number of halogens is 2. The van der Waals surface area contributed by atoms with Gasteiger partial charge in [-0.15, -0.1) is 22.7 Å². The Hall–Kier alpha value is -4.09. The van der Waals surface area contributed by atoms with E-state index in [4.69, 9.17) is 23.2 Å². The zero-order valence-corrected chi connectivity index (χ0v) is 31.7. The molecule has 8 heterocycles. The van der Waals surface area contributed by atoms with Crippen molar-refractivity contribution >= 4 is 112 Å². The van der Waals surface area contributed by atoms with Gasteiger partial charge in [0.1, 0.15) is 34.0 Å². The number of thiophene rings is 2. The molecular weight excluding hydrogens is 760 g/mol. The van der Waals surface area contributed by atoms with Crippen molar-refractivity contribution in [2.24, 2.45) is 9.98 Å². The average molecular weight is 790 g/mol. The van der Waals surface area contributed by atoms with E-state index in [1.807, 2.05) is 36.7 Å². The van der Waals surface area contributed by atoms with Gasteiger partial charge in [0.15, 0.2) is 0 Å². The largest absolute Gasteiger partial charge is 0.338 e. The van der Waals surface area contributed by atoms with Crippen LogP contribution in [0, 0.1) is 0 Å². The molecule has 0 spiro atoms. The number of nitrogens with one attached hydrogen (secondary N) is 3. The molecule has 0 amide bonds. The van der Waals surface area contributed by atoms with Crippen LogP contribution in [-0.2, 0) is 49.0 Å². The summed E-state index contributed by atoms with van der Waals surface area (Å²) < 4.78 is 25.3. The number of hydrogen-bond donors (Lipinski definition) is 3. The third-order valence-electron chi connectivity index (χ3n) is 9.53. The van der Waals surface area contributed by atoms with Gasteiger partial charge < -0.3 is 16.0 Å². The maximum atomic E-state index is 11.9. The van der Waals surface area contributed by atoms with E-state index in [0.29, 0.717) is 48.5 Å². The van der Waals surface area contributed by atoms with Crippen LogP contribution in [0.5, 0.6) is 0 Å². The topological polar surface area (TPSA) is 150 Å². The summed E-state index contributed by atoms with van der Waals surface area (Å²) in [7, 11) is -3.22. The number of fused-ring (bicyclic) bond motifs is 8. The van der Waals surface area contributed by atoms with E-state index in [9.17, 15) is 8.42 Å². The third kappa shape index (κ3) is 6.23. The molecule has 4 aliphatic heterocycles. The second-order valence-electron chi connectivity index (χ2n) is 12.8. The van der Waals surface area contributed by atoms with Gasteiger partial charge in [0.25, 0.3) is 0 Å². The van der Waals surface area contributed by atoms with Crippen LogP contribution in [0.1, 0.15) is 43.1 Å². The molecule has 4 aromatic heterocycles. The first-order valence-electron chi connectivity index (χ1n) is 16.5. The van der Waals surface area contributed by atoms with Gasteiger partial charge in [-0.2, -0.15) is 4.31 Å². The van der Waals surface area contributed by atoms with Crippen LogP contribution in [0.25, 0.3) is 20.4 Å². The number of aromatic nitrogens is 4. The second kappa shape index (κ2) is 13.4. The van der Waals surface area contributed by atoms with E-state index in [2.05, 4.69) is 45.9 Å². The van der Waals surface area contributed by atoms with Crippen molar-refractivity contribution in [3.63, 3.8) is 0 Å².